The quantitative estimate of drug-likeness (QED) is 0.256. The summed E-state index contributed by atoms with van der Waals surface area (Å²) in [4.78, 5) is 0. The normalized spacial score (nSPS) is 15.9. The predicted molar refractivity (Wildman–Crippen MR) is 125 cm³/mol. The Morgan fingerprint density at radius 1 is 0.759 bits per heavy atom. The number of hydrogen-bond donors (Lipinski definition) is 0. The van der Waals surface area contributed by atoms with E-state index in [2.05, 4.69) is 76.7 Å². The van der Waals surface area contributed by atoms with E-state index in [0.717, 1.165) is 12.8 Å². The topological polar surface area (TPSA) is 0 Å². The van der Waals surface area contributed by atoms with Crippen LogP contribution in [-0.4, -0.2) is 16.1 Å². The van der Waals surface area contributed by atoms with Crippen LogP contribution >= 0.6 is 0 Å². The van der Waals surface area contributed by atoms with Gasteiger partial charge in [-0.15, -0.1) is 0 Å². The van der Waals surface area contributed by atoms with Crippen molar-refractivity contribution in [3.63, 3.8) is 0 Å². The predicted octanol–water partition coefficient (Wildman–Crippen LogP) is 2.07. The molecular formula is C24H38Cl2HfSi2. The van der Waals surface area contributed by atoms with Crippen LogP contribution in [0.2, 0.25) is 51.4 Å². The van der Waals surface area contributed by atoms with Crippen LogP contribution in [0.1, 0.15) is 25.7 Å². The molecular weight excluding hydrogens is 594 g/mol. The Morgan fingerprint density at radius 3 is 1.41 bits per heavy atom. The van der Waals surface area contributed by atoms with Gasteiger partial charge in [-0.05, 0) is 0 Å². The molecule has 0 aromatic rings. The van der Waals surface area contributed by atoms with E-state index in [9.17, 15) is 0 Å². The third kappa shape index (κ3) is 11.0. The molecule has 0 aromatic carbocycles. The molecule has 2 aliphatic rings. The van der Waals surface area contributed by atoms with Crippen molar-refractivity contribution in [2.75, 3.05) is 0 Å². The van der Waals surface area contributed by atoms with Gasteiger partial charge in [0.05, 0.1) is 0 Å². The first-order valence-electron chi connectivity index (χ1n) is 10.3. The molecule has 0 aliphatic heterocycles. The van der Waals surface area contributed by atoms with Crippen molar-refractivity contribution in [3.05, 3.63) is 66.4 Å². The van der Waals surface area contributed by atoms with E-state index < -0.39 is 39.1 Å². The summed E-state index contributed by atoms with van der Waals surface area (Å²) in [6.45, 7) is 23.5. The summed E-state index contributed by atoms with van der Waals surface area (Å²) >= 11 is -0.913. The molecule has 0 fully saturated rings. The molecule has 0 saturated heterocycles. The Labute approximate surface area is 206 Å². The number of hydrogen-bond acceptors (Lipinski definition) is 0. The largest absolute Gasteiger partial charge is 1.00 e. The van der Waals surface area contributed by atoms with Gasteiger partial charge in [0.15, 0.2) is 0 Å². The van der Waals surface area contributed by atoms with Crippen molar-refractivity contribution < 1.29 is 47.7 Å². The second kappa shape index (κ2) is 12.4. The Hall–Kier alpha value is 0.324. The van der Waals surface area contributed by atoms with Gasteiger partial charge in [0, 0.05) is 0 Å². The van der Waals surface area contributed by atoms with Gasteiger partial charge in [-0.25, -0.2) is 0 Å². The van der Waals surface area contributed by atoms with Crippen molar-refractivity contribution in [1.29, 1.82) is 0 Å². The molecule has 0 unspecified atom stereocenters. The zero-order chi connectivity index (χ0) is 20.2. The Kier molecular flexibility index (Phi) is 12.5. The van der Waals surface area contributed by atoms with Crippen LogP contribution in [0.25, 0.3) is 0 Å². The van der Waals surface area contributed by atoms with Gasteiger partial charge in [0.25, 0.3) is 0 Å². The molecule has 2 rings (SSSR count). The Morgan fingerprint density at radius 2 is 1.10 bits per heavy atom. The van der Waals surface area contributed by atoms with E-state index in [1.807, 2.05) is 6.66 Å². The minimum Gasteiger partial charge on any atom is -1.00 e. The molecule has 0 heterocycles. The summed E-state index contributed by atoms with van der Waals surface area (Å²) in [6.07, 6.45) is 14.3. The minimum atomic E-state index is -1.06. The Bertz CT molecular complexity index is 667. The van der Waals surface area contributed by atoms with Crippen molar-refractivity contribution in [1.82, 2.24) is 0 Å². The summed E-state index contributed by atoms with van der Waals surface area (Å²) in [5, 5.41) is 0. The molecule has 29 heavy (non-hydrogen) atoms. The summed E-state index contributed by atoms with van der Waals surface area (Å²) < 4.78 is 3.64. The molecule has 0 amide bonds. The van der Waals surface area contributed by atoms with Gasteiger partial charge in [0.2, 0.25) is 0 Å². The van der Waals surface area contributed by atoms with Crippen LogP contribution in [0.15, 0.2) is 66.4 Å². The third-order valence-corrected chi connectivity index (χ3v) is 13.9. The van der Waals surface area contributed by atoms with Gasteiger partial charge < -0.3 is 24.8 Å². The summed E-state index contributed by atoms with van der Waals surface area (Å²) in [6, 6.07) is 2.52. The molecule has 160 valence electrons. The smallest absolute Gasteiger partial charge is 1.00 e. The van der Waals surface area contributed by atoms with E-state index in [-0.39, 0.29) is 24.8 Å². The van der Waals surface area contributed by atoms with E-state index in [1.165, 1.54) is 36.1 Å². The molecule has 0 bridgehead atoms. The van der Waals surface area contributed by atoms with Crippen molar-refractivity contribution >= 4 is 16.1 Å². The van der Waals surface area contributed by atoms with Gasteiger partial charge >= 0.3 is 183 Å². The summed E-state index contributed by atoms with van der Waals surface area (Å²) in [7, 11) is -2.11. The summed E-state index contributed by atoms with van der Waals surface area (Å²) in [5.74, 6) is 0. The molecule has 0 saturated carbocycles. The fourth-order valence-corrected chi connectivity index (χ4v) is 12.6. The summed E-state index contributed by atoms with van der Waals surface area (Å²) in [5.41, 5.74) is 6.17. The van der Waals surface area contributed by atoms with Gasteiger partial charge in [-0.1, -0.05) is 0 Å². The second-order valence-corrected chi connectivity index (χ2v) is 26.9. The van der Waals surface area contributed by atoms with Crippen LogP contribution in [0.3, 0.4) is 0 Å². The fraction of sp³-hybridized carbons (Fsp3) is 0.500. The Balaban J connectivity index is 0.00000392. The average molecular weight is 632 g/mol. The molecule has 2 aliphatic carbocycles. The average Bonchev–Trinajstić information content (AvgIpc) is 3.06. The maximum atomic E-state index is 4.41. The molecule has 0 N–H and O–H groups in total. The molecule has 0 aromatic heterocycles. The minimum absolute atomic E-state index is 0. The number of halogens is 2. The van der Waals surface area contributed by atoms with Crippen LogP contribution in [-0.2, 0) is 22.9 Å². The number of rotatable bonds is 10. The van der Waals surface area contributed by atoms with E-state index in [4.69, 9.17) is 0 Å². The molecule has 0 spiro atoms. The first-order chi connectivity index (χ1) is 12.4. The standard InChI is InChI=1S/2C12H19Si.2ClH.Hf/c2*1-11(10-13(2,3)4)9-12-7-5-6-8-12;;;/h2*5,7H,1,6,9-10H2,2-4H3;2*1H;/q;;;;+2/p-2. The van der Waals surface area contributed by atoms with Crippen molar-refractivity contribution in [2.24, 2.45) is 0 Å². The monoisotopic (exact) mass is 632 g/mol. The van der Waals surface area contributed by atoms with Crippen LogP contribution in [0.4, 0.5) is 0 Å². The maximum Gasteiger partial charge on any atom is -1.00 e. The molecule has 0 radical (unpaired) electrons. The van der Waals surface area contributed by atoms with Crippen molar-refractivity contribution in [2.45, 2.75) is 77.1 Å². The van der Waals surface area contributed by atoms with Crippen LogP contribution in [0, 0.1) is 0 Å². The van der Waals surface area contributed by atoms with Gasteiger partial charge in [-0.3, -0.25) is 0 Å². The van der Waals surface area contributed by atoms with E-state index in [1.54, 1.807) is 11.1 Å². The SMILES string of the molecule is C=C(CC1=[C]([Hf+2][C]2=C(CC(=C)C[Si](C)(C)C)C=CC2)CC=C1)C[Si](C)(C)C.[Cl-].[Cl-]. The first kappa shape index (κ1) is 29.3. The maximum absolute atomic E-state index is 4.41. The van der Waals surface area contributed by atoms with E-state index in [0.29, 0.717) is 0 Å². The van der Waals surface area contributed by atoms with Crippen LogP contribution < -0.4 is 24.8 Å². The zero-order valence-corrected chi connectivity index (χ0v) is 26.3. The second-order valence-electron chi connectivity index (χ2n) is 10.7. The van der Waals surface area contributed by atoms with Crippen molar-refractivity contribution in [3.8, 4) is 0 Å². The zero-order valence-electron chi connectivity index (χ0n) is 19.2. The first-order valence-corrected chi connectivity index (χ1v) is 21.3. The van der Waals surface area contributed by atoms with Crippen LogP contribution in [0.5, 0.6) is 0 Å². The van der Waals surface area contributed by atoms with E-state index >= 15 is 0 Å². The third-order valence-electron chi connectivity index (χ3n) is 4.80. The molecule has 0 nitrogen and oxygen atoms in total. The van der Waals surface area contributed by atoms with Gasteiger partial charge in [-0.2, -0.15) is 0 Å². The molecule has 0 atom stereocenters. The number of allylic oxidation sites excluding steroid dienone is 10. The van der Waals surface area contributed by atoms with Gasteiger partial charge in [0.1, 0.15) is 0 Å². The fourth-order valence-electron chi connectivity index (χ4n) is 4.04. The molecule has 5 heteroatoms.